The molecule has 0 radical (unpaired) electrons. The first-order valence-corrected chi connectivity index (χ1v) is 7.43. The first-order valence-electron chi connectivity index (χ1n) is 5.94. The molecule has 1 atom stereocenters. The molecule has 0 heterocycles. The summed E-state index contributed by atoms with van der Waals surface area (Å²) in [6.45, 7) is 2.46. The Kier molecular flexibility index (Phi) is 6.43. The van der Waals surface area contributed by atoms with Crippen LogP contribution in [0.4, 0.5) is 0 Å². The standard InChI is InChI=1S/C13H18O4S/c1-2-3-9-18(16)10-8-17-12-6-4-11(5-7-12)13(14)15/h4-7H,2-3,8-10H2,1H3,(H,14,15). The number of unbranched alkanes of at least 4 members (excludes halogenated alkanes) is 1. The third kappa shape index (κ3) is 5.31. The van der Waals surface area contributed by atoms with Crippen molar-refractivity contribution in [2.45, 2.75) is 19.8 Å². The van der Waals surface area contributed by atoms with Gasteiger partial charge in [-0.25, -0.2) is 4.79 Å². The molecule has 1 N–H and O–H groups in total. The summed E-state index contributed by atoms with van der Waals surface area (Å²) in [5.41, 5.74) is 0.230. The van der Waals surface area contributed by atoms with Crippen molar-refractivity contribution in [1.82, 2.24) is 0 Å². The number of carboxylic acid groups (broad SMARTS) is 1. The maximum absolute atomic E-state index is 11.5. The van der Waals surface area contributed by atoms with E-state index in [2.05, 4.69) is 6.92 Å². The minimum atomic E-state index is -0.956. The molecule has 0 amide bonds. The molecule has 4 nitrogen and oxygen atoms in total. The molecule has 1 aromatic carbocycles. The van der Waals surface area contributed by atoms with E-state index < -0.39 is 16.8 Å². The van der Waals surface area contributed by atoms with Gasteiger partial charge in [-0.05, 0) is 30.7 Å². The van der Waals surface area contributed by atoms with E-state index in [4.69, 9.17) is 9.84 Å². The molecule has 0 aromatic heterocycles. The maximum atomic E-state index is 11.5. The highest BCUT2D eigenvalue weighted by Crippen LogP contribution is 2.12. The monoisotopic (exact) mass is 270 g/mol. The number of hydrogen-bond acceptors (Lipinski definition) is 3. The van der Waals surface area contributed by atoms with Crippen molar-refractivity contribution >= 4 is 16.8 Å². The highest BCUT2D eigenvalue weighted by Gasteiger charge is 2.03. The Morgan fingerprint density at radius 1 is 1.28 bits per heavy atom. The normalized spacial score (nSPS) is 12.1. The SMILES string of the molecule is CCCCS(=O)CCOc1ccc(C(=O)O)cc1. The van der Waals surface area contributed by atoms with Gasteiger partial charge >= 0.3 is 5.97 Å². The van der Waals surface area contributed by atoms with Crippen molar-refractivity contribution in [3.8, 4) is 5.75 Å². The van der Waals surface area contributed by atoms with Crippen LogP contribution in [0.5, 0.6) is 5.75 Å². The van der Waals surface area contributed by atoms with E-state index in [1.165, 1.54) is 12.1 Å². The van der Waals surface area contributed by atoms with Crippen LogP contribution in [0.2, 0.25) is 0 Å². The Bertz CT molecular complexity index is 400. The molecule has 18 heavy (non-hydrogen) atoms. The summed E-state index contributed by atoms with van der Waals surface area (Å²) in [5, 5.41) is 8.73. The van der Waals surface area contributed by atoms with E-state index in [9.17, 15) is 9.00 Å². The number of hydrogen-bond donors (Lipinski definition) is 1. The fourth-order valence-corrected chi connectivity index (χ4v) is 2.44. The van der Waals surface area contributed by atoms with Gasteiger partial charge in [0, 0.05) is 16.6 Å². The lowest BCUT2D eigenvalue weighted by molar-refractivity contribution is 0.0697. The molecule has 0 fully saturated rings. The molecular formula is C13H18O4S. The Morgan fingerprint density at radius 2 is 1.94 bits per heavy atom. The number of rotatable bonds is 8. The summed E-state index contributed by atoms with van der Waals surface area (Å²) in [5.74, 6) is 0.882. The molecule has 1 aromatic rings. The first kappa shape index (κ1) is 14.7. The molecular weight excluding hydrogens is 252 g/mol. The van der Waals surface area contributed by atoms with Crippen molar-refractivity contribution in [1.29, 1.82) is 0 Å². The van der Waals surface area contributed by atoms with Gasteiger partial charge in [-0.2, -0.15) is 0 Å². The van der Waals surface area contributed by atoms with Gasteiger partial charge in [-0.1, -0.05) is 13.3 Å². The van der Waals surface area contributed by atoms with E-state index in [-0.39, 0.29) is 5.56 Å². The molecule has 0 aliphatic carbocycles. The summed E-state index contributed by atoms with van der Waals surface area (Å²) in [7, 11) is -0.824. The Morgan fingerprint density at radius 3 is 2.50 bits per heavy atom. The minimum Gasteiger partial charge on any atom is -0.493 e. The Hall–Kier alpha value is -1.36. The highest BCUT2D eigenvalue weighted by molar-refractivity contribution is 7.84. The second kappa shape index (κ2) is 7.87. The summed E-state index contributed by atoms with van der Waals surface area (Å²) < 4.78 is 16.9. The van der Waals surface area contributed by atoms with Crippen LogP contribution in [-0.4, -0.2) is 33.4 Å². The fraction of sp³-hybridized carbons (Fsp3) is 0.462. The second-order valence-corrected chi connectivity index (χ2v) is 5.58. The third-order valence-electron chi connectivity index (χ3n) is 2.41. The number of ether oxygens (including phenoxy) is 1. The average Bonchev–Trinajstić information content (AvgIpc) is 2.37. The van der Waals surface area contributed by atoms with Crippen LogP contribution < -0.4 is 4.74 Å². The van der Waals surface area contributed by atoms with Crippen molar-refractivity contribution in [2.24, 2.45) is 0 Å². The van der Waals surface area contributed by atoms with Crippen LogP contribution in [-0.2, 0) is 10.8 Å². The second-order valence-electron chi connectivity index (χ2n) is 3.88. The number of benzene rings is 1. The lowest BCUT2D eigenvalue weighted by Gasteiger charge is -2.06. The largest absolute Gasteiger partial charge is 0.493 e. The van der Waals surface area contributed by atoms with Crippen LogP contribution in [0.15, 0.2) is 24.3 Å². The molecule has 0 spiro atoms. The zero-order valence-corrected chi connectivity index (χ0v) is 11.2. The maximum Gasteiger partial charge on any atom is 0.335 e. The van der Waals surface area contributed by atoms with Crippen LogP contribution in [0, 0.1) is 0 Å². The summed E-state index contributed by atoms with van der Waals surface area (Å²) in [6, 6.07) is 6.20. The molecule has 0 saturated heterocycles. The molecule has 0 aliphatic rings. The van der Waals surface area contributed by atoms with E-state index in [0.717, 1.165) is 18.6 Å². The molecule has 0 aliphatic heterocycles. The average molecular weight is 270 g/mol. The van der Waals surface area contributed by atoms with Gasteiger partial charge in [0.2, 0.25) is 0 Å². The summed E-state index contributed by atoms with van der Waals surface area (Å²) in [6.07, 6.45) is 2.02. The van der Waals surface area contributed by atoms with Crippen LogP contribution in [0.1, 0.15) is 30.1 Å². The minimum absolute atomic E-state index is 0.230. The summed E-state index contributed by atoms with van der Waals surface area (Å²) >= 11 is 0. The zero-order valence-electron chi connectivity index (χ0n) is 10.4. The molecule has 5 heteroatoms. The third-order valence-corrected chi connectivity index (χ3v) is 3.77. The predicted molar refractivity (Wildman–Crippen MR) is 71.7 cm³/mol. The lowest BCUT2D eigenvalue weighted by Crippen LogP contribution is -2.11. The van der Waals surface area contributed by atoms with E-state index in [0.29, 0.717) is 18.1 Å². The topological polar surface area (TPSA) is 63.6 Å². The van der Waals surface area contributed by atoms with Gasteiger partial charge in [0.05, 0.1) is 17.9 Å². The number of carbonyl (C=O) groups is 1. The Balaban J connectivity index is 2.31. The van der Waals surface area contributed by atoms with Crippen molar-refractivity contribution in [3.63, 3.8) is 0 Å². The van der Waals surface area contributed by atoms with Gasteiger partial charge in [0.1, 0.15) is 5.75 Å². The van der Waals surface area contributed by atoms with E-state index >= 15 is 0 Å². The molecule has 0 saturated carbocycles. The van der Waals surface area contributed by atoms with Gasteiger partial charge in [-0.3, -0.25) is 4.21 Å². The smallest absolute Gasteiger partial charge is 0.335 e. The van der Waals surface area contributed by atoms with Crippen LogP contribution >= 0.6 is 0 Å². The molecule has 1 unspecified atom stereocenters. The summed E-state index contributed by atoms with van der Waals surface area (Å²) in [4.78, 5) is 10.6. The first-order chi connectivity index (χ1) is 8.63. The lowest BCUT2D eigenvalue weighted by atomic mass is 10.2. The van der Waals surface area contributed by atoms with Crippen molar-refractivity contribution in [3.05, 3.63) is 29.8 Å². The molecule has 1 rings (SSSR count). The molecule has 100 valence electrons. The van der Waals surface area contributed by atoms with Crippen LogP contribution in [0.25, 0.3) is 0 Å². The quantitative estimate of drug-likeness (QED) is 0.787. The number of carboxylic acids is 1. The van der Waals surface area contributed by atoms with Gasteiger partial charge in [0.25, 0.3) is 0 Å². The zero-order chi connectivity index (χ0) is 13.4. The van der Waals surface area contributed by atoms with Crippen molar-refractivity contribution in [2.75, 3.05) is 18.1 Å². The van der Waals surface area contributed by atoms with Gasteiger partial charge < -0.3 is 9.84 Å². The van der Waals surface area contributed by atoms with Crippen LogP contribution in [0.3, 0.4) is 0 Å². The highest BCUT2D eigenvalue weighted by atomic mass is 32.2. The van der Waals surface area contributed by atoms with E-state index in [1.54, 1.807) is 12.1 Å². The fourth-order valence-electron chi connectivity index (χ4n) is 1.35. The molecule has 0 bridgehead atoms. The predicted octanol–water partition coefficient (Wildman–Crippen LogP) is 2.31. The number of aromatic carboxylic acids is 1. The van der Waals surface area contributed by atoms with Gasteiger partial charge in [-0.15, -0.1) is 0 Å². The van der Waals surface area contributed by atoms with Crippen molar-refractivity contribution < 1.29 is 18.8 Å². The van der Waals surface area contributed by atoms with Gasteiger partial charge in [0.15, 0.2) is 0 Å². The van der Waals surface area contributed by atoms with E-state index in [1.807, 2.05) is 0 Å². The Labute approximate surface area is 109 Å².